The van der Waals surface area contributed by atoms with Crippen LogP contribution in [0.15, 0.2) is 58.7 Å². The minimum atomic E-state index is 0.545. The molecular weight excluding hydrogens is 278 g/mol. The summed E-state index contributed by atoms with van der Waals surface area (Å²) in [6.45, 7) is 4.39. The van der Waals surface area contributed by atoms with E-state index in [2.05, 4.69) is 48.1 Å². The molecule has 0 radical (unpaired) electrons. The molecule has 0 spiro atoms. The van der Waals surface area contributed by atoms with Crippen molar-refractivity contribution in [1.82, 2.24) is 9.97 Å². The minimum Gasteiger partial charge on any atom is -0.399 e. The predicted octanol–water partition coefficient (Wildman–Crippen LogP) is 4.49. The second-order valence-electron chi connectivity index (χ2n) is 5.28. The molecule has 4 heteroatoms. The number of hydrogen-bond donors (Lipinski definition) is 1. The molecule has 3 rings (SSSR count). The Kier molecular flexibility index (Phi) is 3.80. The first-order chi connectivity index (χ1) is 10.1. The quantitative estimate of drug-likeness (QED) is 0.571. The highest BCUT2D eigenvalue weighted by Crippen LogP contribution is 2.32. The maximum Gasteiger partial charge on any atom is 0.117 e. The molecule has 0 aliphatic rings. The molecule has 0 amide bonds. The van der Waals surface area contributed by atoms with Crippen molar-refractivity contribution in [1.29, 1.82) is 0 Å². The molecule has 2 aromatic carbocycles. The standard InChI is InChI=1S/C17H17N3S/c1-11(2)12-3-6-14(7-4-12)21-17-15-9-13(18)5-8-16(15)19-10-20-17/h3-11H,18H2,1-2H3. The Bertz CT molecular complexity index is 767. The Morgan fingerprint density at radius 1 is 1.00 bits per heavy atom. The third-order valence-electron chi connectivity index (χ3n) is 3.38. The number of benzene rings is 2. The zero-order valence-corrected chi connectivity index (χ0v) is 12.9. The van der Waals surface area contributed by atoms with Crippen molar-refractivity contribution < 1.29 is 0 Å². The van der Waals surface area contributed by atoms with Crippen LogP contribution in [0.1, 0.15) is 25.3 Å². The van der Waals surface area contributed by atoms with Gasteiger partial charge in [0.1, 0.15) is 11.4 Å². The monoisotopic (exact) mass is 295 g/mol. The lowest BCUT2D eigenvalue weighted by molar-refractivity contribution is 0.865. The van der Waals surface area contributed by atoms with E-state index >= 15 is 0 Å². The summed E-state index contributed by atoms with van der Waals surface area (Å²) in [4.78, 5) is 9.85. The summed E-state index contributed by atoms with van der Waals surface area (Å²) in [5.41, 5.74) is 8.87. The topological polar surface area (TPSA) is 51.8 Å². The molecular formula is C17H17N3S. The number of anilines is 1. The van der Waals surface area contributed by atoms with Crippen molar-refractivity contribution in [3.05, 3.63) is 54.4 Å². The maximum absolute atomic E-state index is 5.87. The first-order valence-electron chi connectivity index (χ1n) is 6.91. The molecule has 0 aliphatic carbocycles. The summed E-state index contributed by atoms with van der Waals surface area (Å²) in [5.74, 6) is 0.545. The molecule has 0 bridgehead atoms. The summed E-state index contributed by atoms with van der Waals surface area (Å²) >= 11 is 1.64. The Balaban J connectivity index is 1.96. The molecule has 0 unspecified atom stereocenters. The van der Waals surface area contributed by atoms with E-state index in [0.29, 0.717) is 5.92 Å². The van der Waals surface area contributed by atoms with Gasteiger partial charge in [0.15, 0.2) is 0 Å². The van der Waals surface area contributed by atoms with Gasteiger partial charge in [-0.15, -0.1) is 0 Å². The number of nitrogens with zero attached hydrogens (tertiary/aromatic N) is 2. The fourth-order valence-corrected chi connectivity index (χ4v) is 3.03. The molecule has 3 aromatic rings. The van der Waals surface area contributed by atoms with Crippen LogP contribution in [0.25, 0.3) is 10.9 Å². The van der Waals surface area contributed by atoms with E-state index in [0.717, 1.165) is 21.6 Å². The van der Waals surface area contributed by atoms with Crippen LogP contribution in [0.3, 0.4) is 0 Å². The Morgan fingerprint density at radius 3 is 2.48 bits per heavy atom. The van der Waals surface area contributed by atoms with Crippen LogP contribution in [-0.4, -0.2) is 9.97 Å². The van der Waals surface area contributed by atoms with Gasteiger partial charge in [0.05, 0.1) is 5.52 Å². The molecule has 0 atom stereocenters. The summed E-state index contributed by atoms with van der Waals surface area (Å²) in [6, 6.07) is 14.3. The molecule has 0 saturated heterocycles. The highest BCUT2D eigenvalue weighted by Gasteiger charge is 2.07. The average Bonchev–Trinajstić information content (AvgIpc) is 2.48. The molecule has 1 aromatic heterocycles. The second kappa shape index (κ2) is 5.74. The van der Waals surface area contributed by atoms with Crippen LogP contribution in [0.5, 0.6) is 0 Å². The van der Waals surface area contributed by atoms with Gasteiger partial charge >= 0.3 is 0 Å². The fraction of sp³-hybridized carbons (Fsp3) is 0.176. The third kappa shape index (κ3) is 3.00. The van der Waals surface area contributed by atoms with Gasteiger partial charge in [-0.2, -0.15) is 0 Å². The zero-order valence-electron chi connectivity index (χ0n) is 12.1. The zero-order chi connectivity index (χ0) is 14.8. The van der Waals surface area contributed by atoms with E-state index in [9.17, 15) is 0 Å². The normalized spacial score (nSPS) is 11.2. The number of rotatable bonds is 3. The van der Waals surface area contributed by atoms with Crippen molar-refractivity contribution in [3.8, 4) is 0 Å². The number of hydrogen-bond acceptors (Lipinski definition) is 4. The molecule has 3 nitrogen and oxygen atoms in total. The molecule has 0 saturated carbocycles. The van der Waals surface area contributed by atoms with Gasteiger partial charge in [-0.1, -0.05) is 37.7 Å². The average molecular weight is 295 g/mol. The van der Waals surface area contributed by atoms with Crippen LogP contribution in [-0.2, 0) is 0 Å². The van der Waals surface area contributed by atoms with Gasteiger partial charge in [0.25, 0.3) is 0 Å². The van der Waals surface area contributed by atoms with Gasteiger partial charge in [0.2, 0.25) is 0 Å². The van der Waals surface area contributed by atoms with E-state index in [4.69, 9.17) is 5.73 Å². The Hall–Kier alpha value is -2.07. The molecule has 106 valence electrons. The lowest BCUT2D eigenvalue weighted by Gasteiger charge is -2.08. The van der Waals surface area contributed by atoms with Gasteiger partial charge in [-0.25, -0.2) is 9.97 Å². The smallest absolute Gasteiger partial charge is 0.117 e. The van der Waals surface area contributed by atoms with Crippen molar-refractivity contribution in [2.24, 2.45) is 0 Å². The second-order valence-corrected chi connectivity index (χ2v) is 6.34. The third-order valence-corrected chi connectivity index (χ3v) is 4.41. The largest absolute Gasteiger partial charge is 0.399 e. The van der Waals surface area contributed by atoms with Crippen molar-refractivity contribution in [2.45, 2.75) is 29.7 Å². The SMILES string of the molecule is CC(C)c1ccc(Sc2ncnc3ccc(N)cc23)cc1. The summed E-state index contributed by atoms with van der Waals surface area (Å²) < 4.78 is 0. The first-order valence-corrected chi connectivity index (χ1v) is 7.73. The van der Waals surface area contributed by atoms with Gasteiger partial charge in [0, 0.05) is 16.0 Å². The highest BCUT2D eigenvalue weighted by atomic mass is 32.2. The van der Waals surface area contributed by atoms with Gasteiger partial charge in [-0.3, -0.25) is 0 Å². The van der Waals surface area contributed by atoms with Crippen molar-refractivity contribution >= 4 is 28.4 Å². The highest BCUT2D eigenvalue weighted by molar-refractivity contribution is 7.99. The van der Waals surface area contributed by atoms with Crippen molar-refractivity contribution in [3.63, 3.8) is 0 Å². The maximum atomic E-state index is 5.87. The number of aromatic nitrogens is 2. The van der Waals surface area contributed by atoms with Crippen LogP contribution in [0.4, 0.5) is 5.69 Å². The molecule has 2 N–H and O–H groups in total. The number of nitrogen functional groups attached to an aromatic ring is 1. The summed E-state index contributed by atoms with van der Waals surface area (Å²) in [7, 11) is 0. The van der Waals surface area contributed by atoms with Gasteiger partial charge < -0.3 is 5.73 Å². The summed E-state index contributed by atoms with van der Waals surface area (Å²) in [5, 5.41) is 1.93. The van der Waals surface area contributed by atoms with E-state index in [1.54, 1.807) is 18.1 Å². The molecule has 21 heavy (non-hydrogen) atoms. The van der Waals surface area contributed by atoms with E-state index in [1.165, 1.54) is 10.5 Å². The number of fused-ring (bicyclic) bond motifs is 1. The number of nitrogens with two attached hydrogens (primary N) is 1. The minimum absolute atomic E-state index is 0.545. The molecule has 0 aliphatic heterocycles. The van der Waals surface area contributed by atoms with Crippen LogP contribution in [0.2, 0.25) is 0 Å². The van der Waals surface area contributed by atoms with Crippen LogP contribution in [0, 0.1) is 0 Å². The molecule has 1 heterocycles. The lowest BCUT2D eigenvalue weighted by atomic mass is 10.0. The van der Waals surface area contributed by atoms with E-state index < -0.39 is 0 Å². The molecule has 0 fully saturated rings. The van der Waals surface area contributed by atoms with Crippen molar-refractivity contribution in [2.75, 3.05) is 5.73 Å². The van der Waals surface area contributed by atoms with E-state index in [-0.39, 0.29) is 0 Å². The first kappa shape index (κ1) is 13.9. The lowest BCUT2D eigenvalue weighted by Crippen LogP contribution is -1.90. The van der Waals surface area contributed by atoms with E-state index in [1.807, 2.05) is 18.2 Å². The van der Waals surface area contributed by atoms with Crippen LogP contribution >= 0.6 is 11.8 Å². The van der Waals surface area contributed by atoms with Crippen LogP contribution < -0.4 is 5.73 Å². The fourth-order valence-electron chi connectivity index (χ4n) is 2.16. The van der Waals surface area contributed by atoms with Gasteiger partial charge in [-0.05, 0) is 41.8 Å². The summed E-state index contributed by atoms with van der Waals surface area (Å²) in [6.07, 6.45) is 1.60. The predicted molar refractivity (Wildman–Crippen MR) is 88.6 cm³/mol. The Labute approximate surface area is 128 Å². The Morgan fingerprint density at radius 2 is 1.76 bits per heavy atom.